The summed E-state index contributed by atoms with van der Waals surface area (Å²) in [5.41, 5.74) is 0. The van der Waals surface area contributed by atoms with Crippen molar-refractivity contribution in [2.24, 2.45) is 0 Å². The molecule has 0 heterocycles. The summed E-state index contributed by atoms with van der Waals surface area (Å²) < 4.78 is 36.9. The molecular weight excluding hydrogens is 889 g/mol. The predicted molar refractivity (Wildman–Crippen MR) is 271 cm³/mol. The summed E-state index contributed by atoms with van der Waals surface area (Å²) >= 11 is 0. The highest BCUT2D eigenvalue weighted by molar-refractivity contribution is 5.69. The number of esters is 2. The van der Waals surface area contributed by atoms with E-state index in [0.29, 0.717) is 12.8 Å². The van der Waals surface area contributed by atoms with Gasteiger partial charge in [-0.15, -0.1) is 0 Å². The van der Waals surface area contributed by atoms with E-state index < -0.39 is 36.6 Å². The number of carbonyl (C=O) groups excluding carboxylic acids is 2. The first-order chi connectivity index (χ1) is 33.6. The normalized spacial score (nSPS) is 14.4. The first kappa shape index (κ1) is 67.5. The van der Waals surface area contributed by atoms with Crippen LogP contribution in [0.5, 0.6) is 0 Å². The monoisotopic (exact) mass is 995 g/mol. The van der Waals surface area contributed by atoms with Crippen LogP contribution in [0.25, 0.3) is 0 Å². The zero-order valence-electron chi connectivity index (χ0n) is 43.9. The van der Waals surface area contributed by atoms with Gasteiger partial charge >= 0.3 is 11.9 Å². The molecule has 6 atom stereocenters. The standard InChI is InChI=1S/C54H106O15/c1-3-5-7-9-11-13-15-17-19-21-23-25-27-29-31-33-53(61)68-45-51(59)43-66-41-49(57)39-64-37-47(55)35-63-36-48(56)38-65-40-50(58)42-67-44-52(60)46-69-54(62)34-32-30-28-26-24-22-20-18-16-14-12-10-8-6-4-2/h47-52,55-60H,3-46H2,1-2H3/t47-,48+,49-,50+,51-,52+. The lowest BCUT2D eigenvalue weighted by Gasteiger charge is -2.18. The molecule has 412 valence electrons. The van der Waals surface area contributed by atoms with E-state index in [9.17, 15) is 40.2 Å². The van der Waals surface area contributed by atoms with Crippen LogP contribution >= 0.6 is 0 Å². The molecule has 0 radical (unpaired) electrons. The third-order valence-electron chi connectivity index (χ3n) is 11.9. The molecule has 0 aliphatic heterocycles. The molecule has 0 aromatic rings. The van der Waals surface area contributed by atoms with Crippen LogP contribution in [0.15, 0.2) is 0 Å². The highest BCUT2D eigenvalue weighted by Gasteiger charge is 2.15. The van der Waals surface area contributed by atoms with Crippen LogP contribution in [-0.4, -0.2) is 158 Å². The third kappa shape index (κ3) is 52.6. The molecule has 6 N–H and O–H groups in total. The van der Waals surface area contributed by atoms with E-state index in [1.807, 2.05) is 0 Å². The van der Waals surface area contributed by atoms with Crippen molar-refractivity contribution in [3.63, 3.8) is 0 Å². The Morgan fingerprint density at radius 3 is 0.609 bits per heavy atom. The molecule has 0 saturated carbocycles. The number of aliphatic hydroxyl groups is 6. The minimum absolute atomic E-state index is 0.123. The fourth-order valence-electron chi connectivity index (χ4n) is 7.79. The van der Waals surface area contributed by atoms with Crippen LogP contribution in [0, 0.1) is 0 Å². The summed E-state index contributed by atoms with van der Waals surface area (Å²) in [7, 11) is 0. The van der Waals surface area contributed by atoms with Crippen LogP contribution in [0.1, 0.15) is 219 Å². The van der Waals surface area contributed by atoms with Crippen LogP contribution in [0.4, 0.5) is 0 Å². The average Bonchev–Trinajstić information content (AvgIpc) is 3.32. The Bertz CT molecular complexity index is 991. The Kier molecular flexibility index (Phi) is 51.7. The number of unbranched alkanes of at least 4 members (excludes halogenated alkanes) is 28. The lowest BCUT2D eigenvalue weighted by atomic mass is 10.0. The molecular formula is C54H106O15. The molecule has 15 nitrogen and oxygen atoms in total. The van der Waals surface area contributed by atoms with Crippen molar-refractivity contribution in [1.82, 2.24) is 0 Å². The van der Waals surface area contributed by atoms with Gasteiger partial charge in [0.25, 0.3) is 0 Å². The summed E-state index contributed by atoms with van der Waals surface area (Å²) in [5, 5.41) is 60.5. The zero-order valence-corrected chi connectivity index (χ0v) is 43.9. The quantitative estimate of drug-likeness (QED) is 0.0248. The van der Waals surface area contributed by atoms with Crippen molar-refractivity contribution in [3.05, 3.63) is 0 Å². The largest absolute Gasteiger partial charge is 0.463 e. The number of aliphatic hydroxyl groups excluding tert-OH is 6. The van der Waals surface area contributed by atoms with Crippen molar-refractivity contribution in [2.75, 3.05) is 79.3 Å². The van der Waals surface area contributed by atoms with Gasteiger partial charge in [0.2, 0.25) is 0 Å². The highest BCUT2D eigenvalue weighted by atomic mass is 16.6. The molecule has 0 rings (SSSR count). The molecule has 0 amide bonds. The number of carbonyl (C=O) groups is 2. The number of hydrogen-bond donors (Lipinski definition) is 6. The fourth-order valence-corrected chi connectivity index (χ4v) is 7.79. The SMILES string of the molecule is CCCCCCCCCCCCCCCCCC(=O)OC[C@H](O)COC[C@H](O)COC[C@H](O)COC[C@H](O)COC[C@H](O)COC[C@H](O)COC(=O)CCCCCCCCCCCCCCCCC. The van der Waals surface area contributed by atoms with Crippen LogP contribution in [0.2, 0.25) is 0 Å². The fraction of sp³-hybridized carbons (Fsp3) is 0.963. The van der Waals surface area contributed by atoms with Gasteiger partial charge in [-0.3, -0.25) is 9.59 Å². The van der Waals surface area contributed by atoms with Crippen LogP contribution in [0.3, 0.4) is 0 Å². The summed E-state index contributed by atoms with van der Waals surface area (Å²) in [6.07, 6.45) is 32.2. The number of rotatable bonds is 56. The van der Waals surface area contributed by atoms with Gasteiger partial charge in [0.1, 0.15) is 49.8 Å². The summed E-state index contributed by atoms with van der Waals surface area (Å²) in [6, 6.07) is 0. The number of ether oxygens (including phenoxy) is 7. The maximum atomic E-state index is 12.0. The minimum Gasteiger partial charge on any atom is -0.463 e. The summed E-state index contributed by atoms with van der Waals surface area (Å²) in [4.78, 5) is 24.1. The van der Waals surface area contributed by atoms with Gasteiger partial charge in [-0.05, 0) is 12.8 Å². The van der Waals surface area contributed by atoms with Gasteiger partial charge in [0, 0.05) is 12.8 Å². The van der Waals surface area contributed by atoms with E-state index in [-0.39, 0.29) is 91.2 Å². The van der Waals surface area contributed by atoms with Crippen molar-refractivity contribution < 1.29 is 73.4 Å². The average molecular weight is 995 g/mol. The van der Waals surface area contributed by atoms with Gasteiger partial charge in [-0.1, -0.05) is 194 Å². The maximum Gasteiger partial charge on any atom is 0.305 e. The lowest BCUT2D eigenvalue weighted by molar-refractivity contribution is -0.149. The predicted octanol–water partition coefficient (Wildman–Crippen LogP) is 8.84. The van der Waals surface area contributed by atoms with E-state index in [0.717, 1.165) is 38.5 Å². The Labute approximate surface area is 419 Å². The van der Waals surface area contributed by atoms with Gasteiger partial charge in [-0.2, -0.15) is 0 Å². The molecule has 15 heteroatoms. The Morgan fingerprint density at radius 1 is 0.261 bits per heavy atom. The zero-order chi connectivity index (χ0) is 50.7. The van der Waals surface area contributed by atoms with Crippen LogP contribution in [-0.2, 0) is 42.7 Å². The Balaban J connectivity index is 3.63. The first-order valence-electron chi connectivity index (χ1n) is 27.9. The van der Waals surface area contributed by atoms with Crippen molar-refractivity contribution in [2.45, 2.75) is 256 Å². The van der Waals surface area contributed by atoms with Gasteiger partial charge < -0.3 is 63.8 Å². The van der Waals surface area contributed by atoms with E-state index in [4.69, 9.17) is 33.2 Å². The Hall–Kier alpha value is -1.50. The molecule has 0 aromatic heterocycles. The molecule has 0 spiro atoms. The highest BCUT2D eigenvalue weighted by Crippen LogP contribution is 2.16. The van der Waals surface area contributed by atoms with Gasteiger partial charge in [0.05, 0.1) is 66.1 Å². The minimum atomic E-state index is -1.02. The van der Waals surface area contributed by atoms with Gasteiger partial charge in [-0.25, -0.2) is 0 Å². The first-order valence-corrected chi connectivity index (χ1v) is 27.9. The topological polar surface area (TPSA) is 220 Å². The maximum absolute atomic E-state index is 12.0. The van der Waals surface area contributed by atoms with Gasteiger partial charge in [0.15, 0.2) is 0 Å². The molecule has 69 heavy (non-hydrogen) atoms. The van der Waals surface area contributed by atoms with Crippen molar-refractivity contribution >= 4 is 11.9 Å². The second-order valence-corrected chi connectivity index (χ2v) is 19.4. The second-order valence-electron chi connectivity index (χ2n) is 19.4. The molecule has 0 aliphatic rings. The number of hydrogen-bond acceptors (Lipinski definition) is 15. The van der Waals surface area contributed by atoms with E-state index in [1.54, 1.807) is 0 Å². The molecule has 0 saturated heterocycles. The van der Waals surface area contributed by atoms with Crippen LogP contribution < -0.4 is 0 Å². The molecule has 0 aromatic carbocycles. The lowest BCUT2D eigenvalue weighted by Crippen LogP contribution is -2.31. The summed E-state index contributed by atoms with van der Waals surface area (Å²) in [6.45, 7) is 2.86. The molecule has 0 bridgehead atoms. The van der Waals surface area contributed by atoms with E-state index >= 15 is 0 Å². The smallest absolute Gasteiger partial charge is 0.305 e. The molecule has 0 aliphatic carbocycles. The van der Waals surface area contributed by atoms with Crippen molar-refractivity contribution in [1.29, 1.82) is 0 Å². The van der Waals surface area contributed by atoms with E-state index in [2.05, 4.69) is 13.8 Å². The molecule has 0 fully saturated rings. The summed E-state index contributed by atoms with van der Waals surface area (Å²) in [5.74, 6) is -0.682. The van der Waals surface area contributed by atoms with E-state index in [1.165, 1.54) is 154 Å². The third-order valence-corrected chi connectivity index (χ3v) is 11.9. The Morgan fingerprint density at radius 2 is 0.420 bits per heavy atom. The molecule has 0 unspecified atom stereocenters. The second kappa shape index (κ2) is 52.8. The van der Waals surface area contributed by atoms with Crippen molar-refractivity contribution in [3.8, 4) is 0 Å².